The van der Waals surface area contributed by atoms with Crippen LogP contribution in [0.25, 0.3) is 0 Å². The van der Waals surface area contributed by atoms with Crippen molar-refractivity contribution in [2.24, 2.45) is 0 Å². The van der Waals surface area contributed by atoms with Crippen LogP contribution in [0.3, 0.4) is 0 Å². The predicted molar refractivity (Wildman–Crippen MR) is 63.3 cm³/mol. The van der Waals surface area contributed by atoms with Crippen molar-refractivity contribution in [1.29, 1.82) is 0 Å². The largest absolute Gasteiger partial charge is 0.382 e. The van der Waals surface area contributed by atoms with E-state index in [0.29, 0.717) is 6.61 Å². The molecule has 0 heterocycles. The Morgan fingerprint density at radius 1 is 1.27 bits per heavy atom. The topological polar surface area (TPSA) is 33.7 Å². The zero-order valence-corrected chi connectivity index (χ0v) is 10.6. The van der Waals surface area contributed by atoms with Crippen LogP contribution in [-0.2, 0) is 9.47 Å². The van der Waals surface area contributed by atoms with E-state index in [-0.39, 0.29) is 6.10 Å². The van der Waals surface area contributed by atoms with Gasteiger partial charge in [-0.25, -0.2) is 0 Å². The van der Waals surface area contributed by atoms with Gasteiger partial charge in [0.25, 0.3) is 0 Å². The third kappa shape index (κ3) is 11.8. The molecule has 0 amide bonds. The smallest absolute Gasteiger partial charge is 0.0780 e. The molecule has 15 heavy (non-hydrogen) atoms. The van der Waals surface area contributed by atoms with E-state index in [0.717, 1.165) is 26.2 Å². The van der Waals surface area contributed by atoms with Gasteiger partial charge in [-0.05, 0) is 40.5 Å². The van der Waals surface area contributed by atoms with Crippen molar-refractivity contribution in [3.05, 3.63) is 0 Å². The predicted octanol–water partition coefficient (Wildman–Crippen LogP) is 0.579. The molecule has 0 spiro atoms. The quantitative estimate of drug-likeness (QED) is 0.544. The molecule has 4 heteroatoms. The zero-order valence-electron chi connectivity index (χ0n) is 10.6. The second-order valence-electron chi connectivity index (χ2n) is 4.04. The number of methoxy groups -OCH3 is 1. The van der Waals surface area contributed by atoms with Crippen LogP contribution in [0.5, 0.6) is 0 Å². The van der Waals surface area contributed by atoms with Crippen molar-refractivity contribution >= 4 is 0 Å². The summed E-state index contributed by atoms with van der Waals surface area (Å²) in [6.45, 7) is 6.55. The maximum absolute atomic E-state index is 5.51. The van der Waals surface area contributed by atoms with Gasteiger partial charge in [0.1, 0.15) is 0 Å². The number of ether oxygens (including phenoxy) is 2. The molecule has 0 saturated carbocycles. The van der Waals surface area contributed by atoms with Gasteiger partial charge < -0.3 is 19.7 Å². The lowest BCUT2D eigenvalue weighted by Crippen LogP contribution is -2.26. The Morgan fingerprint density at radius 2 is 2.00 bits per heavy atom. The van der Waals surface area contributed by atoms with Gasteiger partial charge in [0, 0.05) is 13.7 Å². The number of nitrogens with zero attached hydrogens (tertiary/aromatic N) is 1. The van der Waals surface area contributed by atoms with Crippen molar-refractivity contribution in [2.75, 3.05) is 54.1 Å². The summed E-state index contributed by atoms with van der Waals surface area (Å²) in [6, 6.07) is 0. The molecule has 0 bridgehead atoms. The summed E-state index contributed by atoms with van der Waals surface area (Å²) >= 11 is 0. The van der Waals surface area contributed by atoms with Crippen LogP contribution in [0, 0.1) is 0 Å². The standard InChI is InChI=1S/C11H26N2O2/c1-11(10-14-4)15-9-7-12-6-5-8-13(2)3/h11-12H,5-10H2,1-4H3. The molecule has 0 aliphatic rings. The Kier molecular flexibility index (Phi) is 10.3. The van der Waals surface area contributed by atoms with Gasteiger partial charge in [0.05, 0.1) is 19.3 Å². The van der Waals surface area contributed by atoms with Gasteiger partial charge in [0.2, 0.25) is 0 Å². The van der Waals surface area contributed by atoms with Gasteiger partial charge in [-0.2, -0.15) is 0 Å². The summed E-state index contributed by atoms with van der Waals surface area (Å²) in [7, 11) is 5.88. The molecule has 0 radical (unpaired) electrons. The fraction of sp³-hybridized carbons (Fsp3) is 1.00. The van der Waals surface area contributed by atoms with Crippen LogP contribution in [0.1, 0.15) is 13.3 Å². The van der Waals surface area contributed by atoms with Crippen molar-refractivity contribution in [2.45, 2.75) is 19.4 Å². The minimum atomic E-state index is 0.193. The van der Waals surface area contributed by atoms with E-state index in [1.54, 1.807) is 7.11 Å². The zero-order chi connectivity index (χ0) is 11.5. The van der Waals surface area contributed by atoms with Crippen LogP contribution >= 0.6 is 0 Å². The first-order valence-corrected chi connectivity index (χ1v) is 5.62. The summed E-state index contributed by atoms with van der Waals surface area (Å²) in [5.74, 6) is 0. The average Bonchev–Trinajstić information content (AvgIpc) is 2.16. The van der Waals surface area contributed by atoms with Crippen LogP contribution in [0.15, 0.2) is 0 Å². The van der Waals surface area contributed by atoms with Gasteiger partial charge >= 0.3 is 0 Å². The molecule has 1 unspecified atom stereocenters. The molecule has 0 aromatic rings. The van der Waals surface area contributed by atoms with E-state index < -0.39 is 0 Å². The number of hydrogen-bond donors (Lipinski definition) is 1. The highest BCUT2D eigenvalue weighted by atomic mass is 16.5. The minimum absolute atomic E-state index is 0.193. The van der Waals surface area contributed by atoms with E-state index >= 15 is 0 Å². The molecule has 0 aliphatic carbocycles. The number of hydrogen-bond acceptors (Lipinski definition) is 4. The van der Waals surface area contributed by atoms with Gasteiger partial charge in [-0.3, -0.25) is 0 Å². The summed E-state index contributed by atoms with van der Waals surface area (Å²) in [5.41, 5.74) is 0. The van der Waals surface area contributed by atoms with Crippen molar-refractivity contribution in [3.63, 3.8) is 0 Å². The molecule has 1 atom stereocenters. The molecule has 0 saturated heterocycles. The van der Waals surface area contributed by atoms with Crippen molar-refractivity contribution in [1.82, 2.24) is 10.2 Å². The molecule has 0 aliphatic heterocycles. The van der Waals surface area contributed by atoms with Gasteiger partial charge in [-0.15, -0.1) is 0 Å². The Hall–Kier alpha value is -0.160. The molecular weight excluding hydrogens is 192 g/mol. The summed E-state index contributed by atoms with van der Waals surface area (Å²) in [4.78, 5) is 2.19. The highest BCUT2D eigenvalue weighted by molar-refractivity contribution is 4.52. The molecule has 0 fully saturated rings. The first-order chi connectivity index (χ1) is 7.16. The minimum Gasteiger partial charge on any atom is -0.382 e. The summed E-state index contributed by atoms with van der Waals surface area (Å²) in [6.07, 6.45) is 1.37. The lowest BCUT2D eigenvalue weighted by atomic mass is 10.4. The third-order valence-electron chi connectivity index (χ3n) is 2.04. The fourth-order valence-electron chi connectivity index (χ4n) is 1.26. The maximum Gasteiger partial charge on any atom is 0.0780 e. The third-order valence-corrected chi connectivity index (χ3v) is 2.04. The Balaban J connectivity index is 3.04. The van der Waals surface area contributed by atoms with Gasteiger partial charge in [0.15, 0.2) is 0 Å². The van der Waals surface area contributed by atoms with E-state index in [1.807, 2.05) is 6.92 Å². The maximum atomic E-state index is 5.51. The second-order valence-corrected chi connectivity index (χ2v) is 4.04. The highest BCUT2D eigenvalue weighted by Gasteiger charge is 1.99. The van der Waals surface area contributed by atoms with Crippen LogP contribution in [0.4, 0.5) is 0 Å². The lowest BCUT2D eigenvalue weighted by molar-refractivity contribution is 0.0107. The van der Waals surface area contributed by atoms with E-state index in [9.17, 15) is 0 Å². The summed E-state index contributed by atoms with van der Waals surface area (Å²) < 4.78 is 10.5. The Morgan fingerprint density at radius 3 is 2.60 bits per heavy atom. The molecule has 1 N–H and O–H groups in total. The first-order valence-electron chi connectivity index (χ1n) is 5.62. The molecule has 4 nitrogen and oxygen atoms in total. The normalized spacial score (nSPS) is 13.4. The molecule has 92 valence electrons. The van der Waals surface area contributed by atoms with Gasteiger partial charge in [-0.1, -0.05) is 0 Å². The van der Waals surface area contributed by atoms with E-state index in [1.165, 1.54) is 6.42 Å². The highest BCUT2D eigenvalue weighted by Crippen LogP contribution is 1.89. The van der Waals surface area contributed by atoms with Crippen molar-refractivity contribution < 1.29 is 9.47 Å². The number of nitrogens with one attached hydrogen (secondary N) is 1. The van der Waals surface area contributed by atoms with Crippen molar-refractivity contribution in [3.8, 4) is 0 Å². The lowest BCUT2D eigenvalue weighted by Gasteiger charge is -2.13. The first kappa shape index (κ1) is 14.8. The molecule has 0 aromatic carbocycles. The molecular formula is C11H26N2O2. The van der Waals surface area contributed by atoms with Crippen LogP contribution < -0.4 is 5.32 Å². The monoisotopic (exact) mass is 218 g/mol. The SMILES string of the molecule is COCC(C)OCCNCCCN(C)C. The second kappa shape index (κ2) is 10.4. The Labute approximate surface area is 93.9 Å². The van der Waals surface area contributed by atoms with Crippen LogP contribution in [-0.4, -0.2) is 65.1 Å². The number of rotatable bonds is 10. The van der Waals surface area contributed by atoms with E-state index in [2.05, 4.69) is 24.3 Å². The van der Waals surface area contributed by atoms with E-state index in [4.69, 9.17) is 9.47 Å². The van der Waals surface area contributed by atoms with Crippen LogP contribution in [0.2, 0.25) is 0 Å². The Bertz CT molecular complexity index is 132. The molecule has 0 rings (SSSR count). The molecule has 0 aromatic heterocycles. The average molecular weight is 218 g/mol. The fourth-order valence-corrected chi connectivity index (χ4v) is 1.26. The summed E-state index contributed by atoms with van der Waals surface area (Å²) in [5, 5.41) is 3.35.